The molecule has 3 heterocycles. The summed E-state index contributed by atoms with van der Waals surface area (Å²) in [6.45, 7) is 0. The van der Waals surface area contributed by atoms with E-state index in [9.17, 15) is 17.6 Å². The highest BCUT2D eigenvalue weighted by Crippen LogP contribution is 2.40. The minimum atomic E-state index is -3.68. The maximum Gasteiger partial charge on any atom is 0.252 e. The molecule has 0 saturated heterocycles. The minimum absolute atomic E-state index is 0.167. The lowest BCUT2D eigenvalue weighted by molar-refractivity contribution is 0.1000. The molecule has 0 spiro atoms. The lowest BCUT2D eigenvalue weighted by atomic mass is 9.97. The molecule has 1 amide bonds. The fraction of sp³-hybridized carbons (Fsp3) is 0.100. The van der Waals surface area contributed by atoms with Crippen LogP contribution in [0.1, 0.15) is 21.7 Å². The summed E-state index contributed by atoms with van der Waals surface area (Å²) in [6.07, 6.45) is 2.90. The minimum Gasteiger partial charge on any atom is -0.460 e. The lowest BCUT2D eigenvalue weighted by Gasteiger charge is -2.21. The van der Waals surface area contributed by atoms with Crippen molar-refractivity contribution in [2.45, 2.75) is 6.42 Å². The summed E-state index contributed by atoms with van der Waals surface area (Å²) >= 11 is 0. The Morgan fingerprint density at radius 1 is 0.976 bits per heavy atom. The number of hydrogen-bond donors (Lipinski definition) is 1. The Kier molecular flexibility index (Phi) is 6.30. The summed E-state index contributed by atoms with van der Waals surface area (Å²) < 4.78 is 51.8. The number of nitrogens with two attached hydrogens (primary N) is 1. The highest BCUT2D eigenvalue weighted by Gasteiger charge is 2.25. The van der Waals surface area contributed by atoms with Crippen molar-refractivity contribution < 1.29 is 26.4 Å². The number of pyridine rings is 1. The third kappa shape index (κ3) is 4.91. The molecule has 0 aliphatic rings. The second-order valence-corrected chi connectivity index (χ2v) is 11.6. The SMILES string of the molecule is CN(c1cc2oc(Cc3ccc(F)cc3)c(C(N)=O)c2cc1-c1cccc(-c2nc3ncccc3o2)c1)S(C)(=O)=O. The van der Waals surface area contributed by atoms with Gasteiger partial charge in [0.05, 0.1) is 17.5 Å². The Morgan fingerprint density at radius 2 is 1.73 bits per heavy atom. The molecule has 0 fully saturated rings. The first-order valence-electron chi connectivity index (χ1n) is 12.5. The summed E-state index contributed by atoms with van der Waals surface area (Å²) in [5, 5.41) is 0.423. The van der Waals surface area contributed by atoms with Gasteiger partial charge in [-0.15, -0.1) is 0 Å². The van der Waals surface area contributed by atoms with Crippen molar-refractivity contribution in [2.24, 2.45) is 5.73 Å². The maximum absolute atomic E-state index is 13.4. The normalized spacial score (nSPS) is 11.8. The van der Waals surface area contributed by atoms with Gasteiger partial charge in [0.1, 0.15) is 17.2 Å². The molecule has 6 rings (SSSR count). The highest BCUT2D eigenvalue weighted by molar-refractivity contribution is 7.92. The van der Waals surface area contributed by atoms with E-state index in [4.69, 9.17) is 14.6 Å². The summed E-state index contributed by atoms with van der Waals surface area (Å²) in [7, 11) is -2.24. The number of sulfonamides is 1. The molecule has 0 aliphatic carbocycles. The summed E-state index contributed by atoms with van der Waals surface area (Å²) in [5.41, 5.74) is 10.1. The topological polar surface area (TPSA) is 133 Å². The first-order valence-corrected chi connectivity index (χ1v) is 14.3. The Hall–Kier alpha value is -5.03. The van der Waals surface area contributed by atoms with Gasteiger partial charge in [-0.3, -0.25) is 9.10 Å². The predicted molar refractivity (Wildman–Crippen MR) is 153 cm³/mol. The molecule has 3 aromatic carbocycles. The van der Waals surface area contributed by atoms with E-state index >= 15 is 0 Å². The molecular formula is C30H23FN4O5S. The maximum atomic E-state index is 13.4. The van der Waals surface area contributed by atoms with Crippen molar-refractivity contribution in [2.75, 3.05) is 17.6 Å². The molecule has 206 valence electrons. The first-order chi connectivity index (χ1) is 19.6. The van der Waals surface area contributed by atoms with Crippen molar-refractivity contribution in [1.82, 2.24) is 9.97 Å². The largest absolute Gasteiger partial charge is 0.460 e. The van der Waals surface area contributed by atoms with Gasteiger partial charge < -0.3 is 14.6 Å². The molecule has 11 heteroatoms. The van der Waals surface area contributed by atoms with Crippen LogP contribution in [0.15, 0.2) is 87.8 Å². The second-order valence-electron chi connectivity index (χ2n) is 9.59. The van der Waals surface area contributed by atoms with Crippen LogP contribution < -0.4 is 10.0 Å². The molecule has 2 N–H and O–H groups in total. The quantitative estimate of drug-likeness (QED) is 0.267. The standard InChI is InChI=1S/C30H23FN4O5S/c1-35(41(2,37)38)23-16-25-22(27(28(32)36)26(39-25)13-17-8-10-20(31)11-9-17)15-21(23)18-5-3-6-19(14-18)30-34-29-24(40-30)7-4-12-33-29/h3-12,14-16H,13H2,1-2H3,(H2,32,36). The van der Waals surface area contributed by atoms with Gasteiger partial charge in [0.15, 0.2) is 11.2 Å². The molecule has 9 nitrogen and oxygen atoms in total. The van der Waals surface area contributed by atoms with Crippen LogP contribution in [0.3, 0.4) is 0 Å². The number of aromatic nitrogens is 2. The zero-order valence-electron chi connectivity index (χ0n) is 22.0. The van der Waals surface area contributed by atoms with Crippen molar-refractivity contribution >= 4 is 43.8 Å². The van der Waals surface area contributed by atoms with Gasteiger partial charge in [0, 0.05) is 42.2 Å². The van der Waals surface area contributed by atoms with Crippen molar-refractivity contribution in [3.8, 4) is 22.6 Å². The van der Waals surface area contributed by atoms with Crippen LogP contribution in [0, 0.1) is 5.82 Å². The number of furan rings is 1. The number of carbonyl (C=O) groups is 1. The van der Waals surface area contributed by atoms with Crippen LogP contribution in [-0.2, 0) is 16.4 Å². The number of fused-ring (bicyclic) bond motifs is 2. The third-order valence-electron chi connectivity index (χ3n) is 6.83. The fourth-order valence-corrected chi connectivity index (χ4v) is 5.26. The number of oxazole rings is 1. The van der Waals surface area contributed by atoms with Crippen molar-refractivity contribution in [3.05, 3.63) is 102 Å². The first kappa shape index (κ1) is 26.2. The van der Waals surface area contributed by atoms with Crippen LogP contribution in [0.25, 0.3) is 44.8 Å². The van der Waals surface area contributed by atoms with Gasteiger partial charge in [-0.1, -0.05) is 24.3 Å². The van der Waals surface area contributed by atoms with E-state index in [1.165, 1.54) is 19.2 Å². The molecule has 0 bridgehead atoms. The van der Waals surface area contributed by atoms with E-state index < -0.39 is 15.9 Å². The highest BCUT2D eigenvalue weighted by atomic mass is 32.2. The molecular weight excluding hydrogens is 547 g/mol. The van der Waals surface area contributed by atoms with Crippen molar-refractivity contribution in [1.29, 1.82) is 0 Å². The number of carbonyl (C=O) groups excluding carboxylic acids is 1. The van der Waals surface area contributed by atoms with Gasteiger partial charge in [-0.25, -0.2) is 17.8 Å². The van der Waals surface area contributed by atoms with Crippen LogP contribution in [0.4, 0.5) is 10.1 Å². The van der Waals surface area contributed by atoms with E-state index in [-0.39, 0.29) is 29.1 Å². The molecule has 0 unspecified atom stereocenters. The van der Waals surface area contributed by atoms with Gasteiger partial charge >= 0.3 is 0 Å². The second kappa shape index (κ2) is 9.86. The molecule has 41 heavy (non-hydrogen) atoms. The van der Waals surface area contributed by atoms with Gasteiger partial charge in [0.25, 0.3) is 5.91 Å². The van der Waals surface area contributed by atoms with Gasteiger partial charge in [-0.2, -0.15) is 4.98 Å². The molecule has 0 radical (unpaired) electrons. The summed E-state index contributed by atoms with van der Waals surface area (Å²) in [5.74, 6) is -0.453. The molecule has 0 atom stereocenters. The average molecular weight is 571 g/mol. The molecule has 6 aromatic rings. The van der Waals surface area contributed by atoms with Crippen LogP contribution >= 0.6 is 0 Å². The third-order valence-corrected chi connectivity index (χ3v) is 8.02. The van der Waals surface area contributed by atoms with E-state index in [0.717, 1.165) is 10.6 Å². The number of amides is 1. The number of benzene rings is 3. The van der Waals surface area contributed by atoms with E-state index in [0.29, 0.717) is 50.4 Å². The Balaban J connectivity index is 1.55. The number of hydrogen-bond acceptors (Lipinski definition) is 7. The zero-order chi connectivity index (χ0) is 28.9. The Labute approximate surface area is 234 Å². The van der Waals surface area contributed by atoms with E-state index in [2.05, 4.69) is 9.97 Å². The molecule has 0 saturated carbocycles. The Bertz CT molecular complexity index is 2030. The van der Waals surface area contributed by atoms with E-state index in [1.54, 1.807) is 48.7 Å². The van der Waals surface area contributed by atoms with Gasteiger partial charge in [0.2, 0.25) is 15.9 Å². The average Bonchev–Trinajstić information content (AvgIpc) is 3.54. The van der Waals surface area contributed by atoms with Crippen LogP contribution in [0.2, 0.25) is 0 Å². The van der Waals surface area contributed by atoms with Crippen molar-refractivity contribution in [3.63, 3.8) is 0 Å². The molecule has 3 aromatic heterocycles. The number of rotatable bonds is 7. The monoisotopic (exact) mass is 570 g/mol. The van der Waals surface area contributed by atoms with Crippen LogP contribution in [0.5, 0.6) is 0 Å². The summed E-state index contributed by atoms with van der Waals surface area (Å²) in [6, 6.07) is 19.8. The van der Waals surface area contributed by atoms with Gasteiger partial charge in [-0.05, 0) is 53.6 Å². The number of primary amides is 1. The smallest absolute Gasteiger partial charge is 0.252 e. The van der Waals surface area contributed by atoms with E-state index in [1.807, 2.05) is 18.2 Å². The lowest BCUT2D eigenvalue weighted by Crippen LogP contribution is -2.25. The Morgan fingerprint density at radius 3 is 2.44 bits per heavy atom. The number of halogens is 1. The number of anilines is 1. The zero-order valence-corrected chi connectivity index (χ0v) is 22.8. The molecule has 0 aliphatic heterocycles. The van der Waals surface area contributed by atoms with Crippen LogP contribution in [-0.4, -0.2) is 37.6 Å². The summed E-state index contributed by atoms with van der Waals surface area (Å²) in [4.78, 5) is 21.3. The number of nitrogens with zero attached hydrogens (tertiary/aromatic N) is 3. The predicted octanol–water partition coefficient (Wildman–Crippen LogP) is 5.53. The fourth-order valence-electron chi connectivity index (χ4n) is 4.75.